The van der Waals surface area contributed by atoms with Crippen molar-refractivity contribution in [1.82, 2.24) is 20.4 Å². The summed E-state index contributed by atoms with van der Waals surface area (Å²) >= 11 is 6.25. The van der Waals surface area contributed by atoms with Crippen LogP contribution in [-0.4, -0.2) is 103 Å². The van der Waals surface area contributed by atoms with E-state index in [1.54, 1.807) is 30.3 Å². The van der Waals surface area contributed by atoms with Crippen LogP contribution in [0.1, 0.15) is 83.6 Å². The van der Waals surface area contributed by atoms with E-state index in [4.69, 9.17) is 16.3 Å². The summed E-state index contributed by atoms with van der Waals surface area (Å²) in [7, 11) is 0. The van der Waals surface area contributed by atoms with Crippen molar-refractivity contribution in [2.45, 2.75) is 65.1 Å². The fourth-order valence-corrected chi connectivity index (χ4v) is 10.2. The van der Waals surface area contributed by atoms with E-state index >= 15 is 0 Å². The number of carbonyl (C=O) groups excluding carboxylic acids is 5. The van der Waals surface area contributed by atoms with Gasteiger partial charge < -0.3 is 19.9 Å². The number of fused-ring (bicyclic) bond motifs is 1. The first-order valence-corrected chi connectivity index (χ1v) is 20.4. The van der Waals surface area contributed by atoms with E-state index in [9.17, 15) is 29.2 Å². The standard InChI is InChI=1S/C44H48ClN7O6/c1-43(2)41(44(3,4)42(43)58-31-11-7-28(24-46)34(45)22-31)48-37(54)27-5-8-29(9-6-27)50-15-13-26(14-16-50)25-49-17-19-51(20-18-49)30-10-12-32-33(21-30)40(57)52(39(32)56)35-23-36(53)47-38(35)55/h5-12,21-22,26,35,41-42H,13-20,23,25H2,1-4H3,(H,48,54)(H,47,53,55)/t35?,41-,42-. The average molecular weight is 806 g/mol. The molecule has 14 heteroatoms. The van der Waals surface area contributed by atoms with E-state index in [0.717, 1.165) is 74.9 Å². The molecule has 0 aromatic heterocycles. The first-order valence-electron chi connectivity index (χ1n) is 20.0. The molecule has 1 atom stereocenters. The van der Waals surface area contributed by atoms with Crippen LogP contribution in [0.2, 0.25) is 5.02 Å². The monoisotopic (exact) mass is 805 g/mol. The summed E-state index contributed by atoms with van der Waals surface area (Å²) in [6.07, 6.45) is 1.77. The Bertz CT molecular complexity index is 2200. The number of piperazine rings is 1. The van der Waals surface area contributed by atoms with Crippen LogP contribution < -0.4 is 25.2 Å². The van der Waals surface area contributed by atoms with E-state index in [0.29, 0.717) is 27.8 Å². The van der Waals surface area contributed by atoms with Gasteiger partial charge in [0.1, 0.15) is 24.0 Å². The number of rotatable bonds is 9. The predicted octanol–water partition coefficient (Wildman–Crippen LogP) is 4.87. The second kappa shape index (κ2) is 15.1. The van der Waals surface area contributed by atoms with Crippen LogP contribution in [0.4, 0.5) is 11.4 Å². The lowest BCUT2D eigenvalue weighted by Gasteiger charge is -2.63. The van der Waals surface area contributed by atoms with Crippen molar-refractivity contribution < 1.29 is 28.7 Å². The second-order valence-electron chi connectivity index (χ2n) is 17.4. The lowest BCUT2D eigenvalue weighted by molar-refractivity contribution is -0.164. The Morgan fingerprint density at radius 1 is 0.845 bits per heavy atom. The molecular weight excluding hydrogens is 758 g/mol. The smallest absolute Gasteiger partial charge is 0.262 e. The Labute approximate surface area is 343 Å². The van der Waals surface area contributed by atoms with Crippen LogP contribution in [0.5, 0.6) is 5.75 Å². The molecule has 4 heterocycles. The lowest BCUT2D eigenvalue weighted by Crippen LogP contribution is -2.74. The number of nitriles is 1. The van der Waals surface area contributed by atoms with Crippen molar-refractivity contribution in [3.8, 4) is 11.8 Å². The molecule has 5 aliphatic rings. The summed E-state index contributed by atoms with van der Waals surface area (Å²) in [6, 6.07) is 19.1. The minimum Gasteiger partial charge on any atom is -0.489 e. The minimum absolute atomic E-state index is 0.115. The van der Waals surface area contributed by atoms with Crippen molar-refractivity contribution in [1.29, 1.82) is 5.26 Å². The average Bonchev–Trinajstić information content (AvgIpc) is 3.67. The lowest BCUT2D eigenvalue weighted by atomic mass is 9.49. The number of carbonyl (C=O) groups is 5. The maximum absolute atomic E-state index is 13.5. The highest BCUT2D eigenvalue weighted by atomic mass is 35.5. The molecule has 1 unspecified atom stereocenters. The Morgan fingerprint density at radius 2 is 1.48 bits per heavy atom. The van der Waals surface area contributed by atoms with Gasteiger partial charge in [0, 0.05) is 85.7 Å². The van der Waals surface area contributed by atoms with Crippen molar-refractivity contribution >= 4 is 52.5 Å². The number of imide groups is 2. The normalized spacial score (nSPS) is 24.3. The van der Waals surface area contributed by atoms with Crippen molar-refractivity contribution in [2.24, 2.45) is 16.7 Å². The van der Waals surface area contributed by atoms with E-state index < -0.39 is 29.7 Å². The van der Waals surface area contributed by atoms with Crippen LogP contribution in [0.3, 0.4) is 0 Å². The molecule has 0 spiro atoms. The maximum atomic E-state index is 13.5. The van der Waals surface area contributed by atoms with Gasteiger partial charge in [-0.25, -0.2) is 0 Å². The van der Waals surface area contributed by atoms with E-state index in [2.05, 4.69) is 59.1 Å². The van der Waals surface area contributed by atoms with E-state index in [1.807, 2.05) is 30.3 Å². The van der Waals surface area contributed by atoms with Crippen LogP contribution in [0, 0.1) is 28.1 Å². The Kier molecular flexibility index (Phi) is 10.2. The van der Waals surface area contributed by atoms with Crippen molar-refractivity contribution in [3.63, 3.8) is 0 Å². The number of benzene rings is 3. The molecule has 58 heavy (non-hydrogen) atoms. The SMILES string of the molecule is CC1(C)[C@H](NC(=O)c2ccc(N3CCC(CN4CCN(c5ccc6c(c5)C(=O)N(C5CC(=O)NC5=O)C6=O)CC4)CC3)cc2)C(C)(C)[C@H]1Oc1ccc(C#N)c(Cl)c1. The Hall–Kier alpha value is -5.45. The number of hydrogen-bond donors (Lipinski definition) is 2. The van der Waals surface area contributed by atoms with Gasteiger partial charge >= 0.3 is 0 Å². The van der Waals surface area contributed by atoms with Gasteiger partial charge in [0.2, 0.25) is 11.8 Å². The molecular formula is C44H48ClN7O6. The molecule has 302 valence electrons. The second-order valence-corrected chi connectivity index (χ2v) is 17.8. The van der Waals surface area contributed by atoms with Gasteiger partial charge in [-0.05, 0) is 73.4 Å². The van der Waals surface area contributed by atoms with Gasteiger partial charge in [-0.15, -0.1) is 0 Å². The maximum Gasteiger partial charge on any atom is 0.262 e. The van der Waals surface area contributed by atoms with Gasteiger partial charge in [0.15, 0.2) is 0 Å². The third-order valence-electron chi connectivity index (χ3n) is 13.0. The Morgan fingerprint density at radius 3 is 2.10 bits per heavy atom. The van der Waals surface area contributed by atoms with Crippen LogP contribution in [0.25, 0.3) is 0 Å². The third kappa shape index (κ3) is 7.06. The number of piperidine rings is 1. The van der Waals surface area contributed by atoms with E-state index in [1.165, 1.54) is 0 Å². The van der Waals surface area contributed by atoms with Gasteiger partial charge in [0.25, 0.3) is 17.7 Å². The highest BCUT2D eigenvalue weighted by Crippen LogP contribution is 2.55. The number of halogens is 1. The molecule has 13 nitrogen and oxygen atoms in total. The van der Waals surface area contributed by atoms with Gasteiger partial charge in [0.05, 0.1) is 28.1 Å². The molecule has 1 aliphatic carbocycles. The summed E-state index contributed by atoms with van der Waals surface area (Å²) in [5, 5.41) is 15.0. The van der Waals surface area contributed by atoms with Gasteiger partial charge in [-0.1, -0.05) is 39.3 Å². The number of ether oxygens (including phenoxy) is 1. The summed E-state index contributed by atoms with van der Waals surface area (Å²) in [4.78, 5) is 71.7. The quantitative estimate of drug-likeness (QED) is 0.286. The summed E-state index contributed by atoms with van der Waals surface area (Å²) in [6.45, 7) is 14.7. The molecule has 3 saturated heterocycles. The number of amides is 5. The molecule has 4 fully saturated rings. The van der Waals surface area contributed by atoms with Crippen molar-refractivity contribution in [2.75, 3.05) is 55.6 Å². The van der Waals surface area contributed by atoms with Crippen LogP contribution >= 0.6 is 11.6 Å². The first kappa shape index (κ1) is 39.4. The van der Waals surface area contributed by atoms with Gasteiger partial charge in [-0.3, -0.25) is 39.1 Å². The molecule has 0 radical (unpaired) electrons. The zero-order chi connectivity index (χ0) is 41.1. The van der Waals surface area contributed by atoms with E-state index in [-0.39, 0.29) is 46.4 Å². The molecule has 0 bridgehead atoms. The highest BCUT2D eigenvalue weighted by Gasteiger charge is 2.64. The topological polar surface area (TPSA) is 155 Å². The first-order chi connectivity index (χ1) is 27.6. The number of nitrogens with zero attached hydrogens (tertiary/aromatic N) is 5. The number of hydrogen-bond acceptors (Lipinski definition) is 10. The number of nitrogens with one attached hydrogen (secondary N) is 2. The molecule has 4 aliphatic heterocycles. The zero-order valence-corrected chi connectivity index (χ0v) is 34.0. The predicted molar refractivity (Wildman–Crippen MR) is 218 cm³/mol. The molecule has 5 amide bonds. The van der Waals surface area contributed by atoms with Crippen molar-refractivity contribution in [3.05, 3.63) is 87.9 Å². The fraction of sp³-hybridized carbons (Fsp3) is 0.455. The number of anilines is 2. The largest absolute Gasteiger partial charge is 0.489 e. The molecule has 2 N–H and O–H groups in total. The van der Waals surface area contributed by atoms with Crippen LogP contribution in [-0.2, 0) is 9.59 Å². The molecule has 3 aromatic carbocycles. The summed E-state index contributed by atoms with van der Waals surface area (Å²) in [5.74, 6) is -1.11. The minimum atomic E-state index is -1.10. The molecule has 3 aromatic rings. The summed E-state index contributed by atoms with van der Waals surface area (Å²) < 4.78 is 6.38. The highest BCUT2D eigenvalue weighted by molar-refractivity contribution is 6.31. The van der Waals surface area contributed by atoms with Gasteiger partial charge in [-0.2, -0.15) is 5.26 Å². The zero-order valence-electron chi connectivity index (χ0n) is 33.2. The fourth-order valence-electron chi connectivity index (χ4n) is 10.0. The molecule has 1 saturated carbocycles. The third-order valence-corrected chi connectivity index (χ3v) is 13.3. The van der Waals surface area contributed by atoms with Crippen LogP contribution in [0.15, 0.2) is 60.7 Å². The molecule has 8 rings (SSSR count). The summed E-state index contributed by atoms with van der Waals surface area (Å²) in [5.41, 5.74) is 2.83. The Balaban J connectivity index is 0.791.